The van der Waals surface area contributed by atoms with Gasteiger partial charge in [-0.25, -0.2) is 9.97 Å². The van der Waals surface area contributed by atoms with Gasteiger partial charge in [-0.1, -0.05) is 29.3 Å². The highest BCUT2D eigenvalue weighted by atomic mass is 35.5. The van der Waals surface area contributed by atoms with Gasteiger partial charge in [-0.3, -0.25) is 0 Å². The normalized spacial score (nSPS) is 10.5. The highest BCUT2D eigenvalue weighted by Gasteiger charge is 2.08. The molecule has 4 nitrogen and oxygen atoms in total. The molecule has 19 heavy (non-hydrogen) atoms. The third kappa shape index (κ3) is 3.35. The fraction of sp³-hybridized carbons (Fsp3) is 0.231. The Hall–Kier alpha value is -1.36. The maximum Gasteiger partial charge on any atom is 0.157 e. The van der Waals surface area contributed by atoms with Gasteiger partial charge in [0.15, 0.2) is 5.82 Å². The molecule has 0 spiro atoms. The number of nitrogens with one attached hydrogen (secondary N) is 1. The van der Waals surface area contributed by atoms with Crippen molar-refractivity contribution in [2.24, 2.45) is 0 Å². The average molecular weight is 298 g/mol. The first kappa shape index (κ1) is 14.1. The Kier molecular flexibility index (Phi) is 4.58. The van der Waals surface area contributed by atoms with Crippen LogP contribution < -0.4 is 5.32 Å². The Labute approximate surface area is 121 Å². The topological polar surface area (TPSA) is 47.0 Å². The van der Waals surface area contributed by atoms with Gasteiger partial charge in [0.2, 0.25) is 0 Å². The molecule has 1 heterocycles. The molecule has 0 saturated carbocycles. The minimum atomic E-state index is 0.351. The van der Waals surface area contributed by atoms with Crippen LogP contribution in [0.2, 0.25) is 10.0 Å². The van der Waals surface area contributed by atoms with Gasteiger partial charge < -0.3 is 10.1 Å². The van der Waals surface area contributed by atoms with Crippen molar-refractivity contribution in [1.82, 2.24) is 9.97 Å². The highest BCUT2D eigenvalue weighted by Crippen LogP contribution is 2.28. The molecule has 0 aliphatic carbocycles. The van der Waals surface area contributed by atoms with E-state index >= 15 is 0 Å². The van der Waals surface area contributed by atoms with Crippen molar-refractivity contribution in [2.75, 3.05) is 19.5 Å². The molecule has 0 bridgehead atoms. The minimum Gasteiger partial charge on any atom is -0.377 e. The lowest BCUT2D eigenvalue weighted by molar-refractivity contribution is 0.178. The molecule has 0 aliphatic rings. The smallest absolute Gasteiger partial charge is 0.157 e. The van der Waals surface area contributed by atoms with Crippen molar-refractivity contribution >= 4 is 29.0 Å². The number of halogens is 2. The summed E-state index contributed by atoms with van der Waals surface area (Å²) in [5.41, 5.74) is 1.65. The van der Waals surface area contributed by atoms with Crippen LogP contribution in [0.4, 0.5) is 5.82 Å². The zero-order chi connectivity index (χ0) is 13.8. The van der Waals surface area contributed by atoms with E-state index in [-0.39, 0.29) is 0 Å². The van der Waals surface area contributed by atoms with Gasteiger partial charge >= 0.3 is 0 Å². The summed E-state index contributed by atoms with van der Waals surface area (Å²) in [5, 5.41) is 4.01. The van der Waals surface area contributed by atoms with Crippen LogP contribution in [0.25, 0.3) is 11.3 Å². The molecule has 1 aromatic carbocycles. The van der Waals surface area contributed by atoms with Crippen LogP contribution in [0, 0.1) is 0 Å². The van der Waals surface area contributed by atoms with Crippen LogP contribution in [0.3, 0.4) is 0 Å². The molecule has 0 atom stereocenters. The predicted molar refractivity (Wildman–Crippen MR) is 77.7 cm³/mol. The Balaban J connectivity index is 2.47. The summed E-state index contributed by atoms with van der Waals surface area (Å²) in [6, 6.07) is 7.24. The zero-order valence-corrected chi connectivity index (χ0v) is 12.1. The quantitative estimate of drug-likeness (QED) is 0.936. The second-order valence-corrected chi connectivity index (χ2v) is 4.68. The van der Waals surface area contributed by atoms with Gasteiger partial charge in [0, 0.05) is 25.8 Å². The first-order valence-electron chi connectivity index (χ1n) is 5.64. The molecule has 0 unspecified atom stereocenters. The standard InChI is InChI=1S/C13H13Cl2N3O/c1-16-12-6-11(17-13(18-12)7-19-2)8-3-4-9(14)10(15)5-8/h3-6H,7H2,1-2H3,(H,16,17,18). The van der Waals surface area contributed by atoms with E-state index in [0.717, 1.165) is 17.1 Å². The first-order chi connectivity index (χ1) is 9.13. The Morgan fingerprint density at radius 3 is 2.58 bits per heavy atom. The van der Waals surface area contributed by atoms with Gasteiger partial charge in [-0.05, 0) is 12.1 Å². The number of anilines is 1. The number of hydrogen-bond donors (Lipinski definition) is 1. The van der Waals surface area contributed by atoms with E-state index in [4.69, 9.17) is 27.9 Å². The van der Waals surface area contributed by atoms with Gasteiger partial charge in [-0.2, -0.15) is 0 Å². The Bertz CT molecular complexity index is 590. The van der Waals surface area contributed by atoms with Crippen LogP contribution in [0.5, 0.6) is 0 Å². The van der Waals surface area contributed by atoms with E-state index in [1.165, 1.54) is 0 Å². The van der Waals surface area contributed by atoms with Crippen molar-refractivity contribution in [2.45, 2.75) is 6.61 Å². The van der Waals surface area contributed by atoms with Crippen molar-refractivity contribution < 1.29 is 4.74 Å². The molecule has 0 amide bonds. The monoisotopic (exact) mass is 297 g/mol. The molecule has 0 saturated heterocycles. The number of benzene rings is 1. The van der Waals surface area contributed by atoms with E-state index in [9.17, 15) is 0 Å². The zero-order valence-electron chi connectivity index (χ0n) is 10.6. The van der Waals surface area contributed by atoms with Crippen molar-refractivity contribution in [1.29, 1.82) is 0 Å². The number of nitrogens with zero attached hydrogens (tertiary/aromatic N) is 2. The fourth-order valence-electron chi connectivity index (χ4n) is 1.62. The highest BCUT2D eigenvalue weighted by molar-refractivity contribution is 6.42. The summed E-state index contributed by atoms with van der Waals surface area (Å²) in [5.74, 6) is 1.33. The Morgan fingerprint density at radius 2 is 1.95 bits per heavy atom. The largest absolute Gasteiger partial charge is 0.377 e. The molecule has 1 aromatic heterocycles. The molecule has 2 rings (SSSR count). The molecule has 100 valence electrons. The number of rotatable bonds is 4. The van der Waals surface area contributed by atoms with E-state index in [0.29, 0.717) is 22.5 Å². The predicted octanol–water partition coefficient (Wildman–Crippen LogP) is 3.64. The summed E-state index contributed by atoms with van der Waals surface area (Å²) >= 11 is 11.9. The molecule has 6 heteroatoms. The molecule has 1 N–H and O–H groups in total. The van der Waals surface area contributed by atoms with Crippen LogP contribution in [0.1, 0.15) is 5.82 Å². The van der Waals surface area contributed by atoms with E-state index in [2.05, 4.69) is 15.3 Å². The molecule has 2 aromatic rings. The van der Waals surface area contributed by atoms with E-state index < -0.39 is 0 Å². The van der Waals surface area contributed by atoms with Crippen LogP contribution >= 0.6 is 23.2 Å². The number of ether oxygens (including phenoxy) is 1. The van der Waals surface area contributed by atoms with Gasteiger partial charge in [-0.15, -0.1) is 0 Å². The summed E-state index contributed by atoms with van der Waals surface area (Å²) in [4.78, 5) is 8.74. The fourth-order valence-corrected chi connectivity index (χ4v) is 1.92. The van der Waals surface area contributed by atoms with Crippen molar-refractivity contribution in [3.8, 4) is 11.3 Å². The third-order valence-electron chi connectivity index (χ3n) is 2.52. The molecule has 0 radical (unpaired) electrons. The maximum absolute atomic E-state index is 6.02. The Morgan fingerprint density at radius 1 is 1.16 bits per heavy atom. The van der Waals surface area contributed by atoms with Gasteiger partial charge in [0.05, 0.1) is 15.7 Å². The average Bonchev–Trinajstić information content (AvgIpc) is 2.42. The van der Waals surface area contributed by atoms with Crippen molar-refractivity contribution in [3.05, 3.63) is 40.1 Å². The number of methoxy groups -OCH3 is 1. The summed E-state index contributed by atoms with van der Waals surface area (Å²) in [7, 11) is 3.41. The second-order valence-electron chi connectivity index (χ2n) is 3.87. The minimum absolute atomic E-state index is 0.351. The van der Waals surface area contributed by atoms with E-state index in [1.807, 2.05) is 12.1 Å². The molecular weight excluding hydrogens is 285 g/mol. The lowest BCUT2D eigenvalue weighted by atomic mass is 10.1. The molecule has 0 aliphatic heterocycles. The van der Waals surface area contributed by atoms with Gasteiger partial charge in [0.1, 0.15) is 12.4 Å². The third-order valence-corrected chi connectivity index (χ3v) is 3.26. The van der Waals surface area contributed by atoms with Crippen LogP contribution in [-0.2, 0) is 11.3 Å². The SMILES string of the molecule is CNc1cc(-c2ccc(Cl)c(Cl)c2)nc(COC)n1. The number of hydrogen-bond acceptors (Lipinski definition) is 4. The van der Waals surface area contributed by atoms with Gasteiger partial charge in [0.25, 0.3) is 0 Å². The van der Waals surface area contributed by atoms with Crippen molar-refractivity contribution in [3.63, 3.8) is 0 Å². The lowest BCUT2D eigenvalue weighted by Gasteiger charge is -2.08. The maximum atomic E-state index is 6.02. The number of aromatic nitrogens is 2. The molecule has 0 fully saturated rings. The first-order valence-corrected chi connectivity index (χ1v) is 6.39. The van der Waals surface area contributed by atoms with Crippen LogP contribution in [-0.4, -0.2) is 24.1 Å². The second kappa shape index (κ2) is 6.19. The summed E-state index contributed by atoms with van der Waals surface area (Å²) in [6.45, 7) is 0.351. The van der Waals surface area contributed by atoms with Crippen LogP contribution in [0.15, 0.2) is 24.3 Å². The lowest BCUT2D eigenvalue weighted by Crippen LogP contribution is -2.02. The summed E-state index contributed by atoms with van der Waals surface area (Å²) < 4.78 is 5.06. The summed E-state index contributed by atoms with van der Waals surface area (Å²) in [6.07, 6.45) is 0. The van der Waals surface area contributed by atoms with E-state index in [1.54, 1.807) is 26.3 Å². The molecular formula is C13H13Cl2N3O.